The summed E-state index contributed by atoms with van der Waals surface area (Å²) in [5.74, 6) is -0.00386. The van der Waals surface area contributed by atoms with Gasteiger partial charge in [-0.25, -0.2) is 0 Å². The van der Waals surface area contributed by atoms with Crippen LogP contribution in [-0.2, 0) is 15.2 Å². The number of rotatable bonds is 4. The maximum atomic E-state index is 13.0. The lowest BCUT2D eigenvalue weighted by Crippen LogP contribution is -2.59. The van der Waals surface area contributed by atoms with Crippen LogP contribution in [0.2, 0.25) is 0 Å². The molecule has 5 heteroatoms. The molecule has 0 bridgehead atoms. The van der Waals surface area contributed by atoms with Gasteiger partial charge < -0.3 is 15.3 Å². The van der Waals surface area contributed by atoms with Crippen molar-refractivity contribution in [2.24, 2.45) is 11.3 Å². The smallest absolute Gasteiger partial charge is 0.244 e. The van der Waals surface area contributed by atoms with Crippen LogP contribution < -0.4 is 5.32 Å². The van der Waals surface area contributed by atoms with E-state index in [2.05, 4.69) is 5.32 Å². The van der Waals surface area contributed by atoms with E-state index in [0.717, 1.165) is 36.8 Å². The van der Waals surface area contributed by atoms with Crippen LogP contribution in [0.3, 0.4) is 0 Å². The van der Waals surface area contributed by atoms with Gasteiger partial charge in [0.15, 0.2) is 0 Å². The molecule has 0 radical (unpaired) electrons. The predicted octanol–water partition coefficient (Wildman–Crippen LogP) is 3.14. The zero-order valence-corrected chi connectivity index (χ0v) is 17.6. The molecule has 1 saturated heterocycles. The number of nitrogens with zero attached hydrogens (tertiary/aromatic N) is 1. The van der Waals surface area contributed by atoms with E-state index in [1.165, 1.54) is 0 Å². The summed E-state index contributed by atoms with van der Waals surface area (Å²) in [4.78, 5) is 27.1. The van der Waals surface area contributed by atoms with Gasteiger partial charge in [-0.1, -0.05) is 56.5 Å². The van der Waals surface area contributed by atoms with Crippen LogP contribution in [0, 0.1) is 18.3 Å². The summed E-state index contributed by atoms with van der Waals surface area (Å²) in [6.45, 7) is 8.75. The van der Waals surface area contributed by atoms with Crippen molar-refractivity contribution in [3.8, 4) is 0 Å². The molecule has 1 aromatic carbocycles. The minimum Gasteiger partial charge on any atom is -0.384 e. The fourth-order valence-corrected chi connectivity index (χ4v) is 4.73. The Morgan fingerprint density at radius 3 is 2.36 bits per heavy atom. The van der Waals surface area contributed by atoms with Gasteiger partial charge >= 0.3 is 0 Å². The molecular formula is C23H34N2O3. The number of aliphatic hydroxyl groups is 1. The highest BCUT2D eigenvalue weighted by Gasteiger charge is 2.50. The van der Waals surface area contributed by atoms with E-state index in [1.54, 1.807) is 11.8 Å². The molecule has 2 amide bonds. The van der Waals surface area contributed by atoms with E-state index in [4.69, 9.17) is 0 Å². The van der Waals surface area contributed by atoms with Crippen LogP contribution in [0.1, 0.15) is 64.0 Å². The number of aryl methyl sites for hydroxylation is 1. The Balaban J connectivity index is 1.66. The second kappa shape index (κ2) is 7.86. The predicted molar refractivity (Wildman–Crippen MR) is 110 cm³/mol. The van der Waals surface area contributed by atoms with Gasteiger partial charge in [-0.05, 0) is 38.7 Å². The summed E-state index contributed by atoms with van der Waals surface area (Å²) in [6.07, 6.45) is 4.52. The Kier molecular flexibility index (Phi) is 5.85. The number of carbonyl (C=O) groups excluding carboxylic acids is 2. The first-order valence-corrected chi connectivity index (χ1v) is 10.5. The zero-order valence-electron chi connectivity index (χ0n) is 17.6. The van der Waals surface area contributed by atoms with Crippen molar-refractivity contribution in [1.29, 1.82) is 0 Å². The van der Waals surface area contributed by atoms with E-state index in [0.29, 0.717) is 19.5 Å². The number of likely N-dealkylation sites (tertiary alicyclic amines) is 1. The van der Waals surface area contributed by atoms with E-state index in [1.807, 2.05) is 45.0 Å². The van der Waals surface area contributed by atoms with Crippen LogP contribution >= 0.6 is 0 Å². The fraction of sp³-hybridized carbons (Fsp3) is 0.652. The first-order valence-electron chi connectivity index (χ1n) is 10.5. The minimum absolute atomic E-state index is 0.00535. The normalized spacial score (nSPS) is 26.1. The highest BCUT2D eigenvalue weighted by molar-refractivity contribution is 5.88. The summed E-state index contributed by atoms with van der Waals surface area (Å²) in [5, 5.41) is 14.4. The number of amides is 2. The molecule has 3 rings (SSSR count). The third kappa shape index (κ3) is 3.95. The largest absolute Gasteiger partial charge is 0.384 e. The minimum atomic E-state index is -0.978. The molecule has 0 unspecified atom stereocenters. The summed E-state index contributed by atoms with van der Waals surface area (Å²) < 4.78 is 0. The first kappa shape index (κ1) is 20.8. The third-order valence-corrected chi connectivity index (χ3v) is 6.75. The van der Waals surface area contributed by atoms with Crippen LogP contribution in [0.5, 0.6) is 0 Å². The molecule has 1 aliphatic heterocycles. The number of piperidine rings is 1. The number of hydrogen-bond donors (Lipinski definition) is 2. The standard InChI is InChI=1S/C23H34N2O3/c1-16-9-11-19(12-10-16)23(28)13-14-25(15-22(23,3)4)21(27)17(2)24-20(26)18-7-5-6-8-18/h9-12,17-18,28H,5-8,13-15H2,1-4H3,(H,24,26)/t17-,23+/m1/s1. The van der Waals surface area contributed by atoms with E-state index >= 15 is 0 Å². The van der Waals surface area contributed by atoms with Crippen molar-refractivity contribution in [3.05, 3.63) is 35.4 Å². The molecule has 2 atom stereocenters. The number of nitrogens with one attached hydrogen (secondary N) is 1. The highest BCUT2D eigenvalue weighted by Crippen LogP contribution is 2.46. The molecule has 2 N–H and O–H groups in total. The Morgan fingerprint density at radius 2 is 1.79 bits per heavy atom. The van der Waals surface area contributed by atoms with Crippen LogP contribution in [0.4, 0.5) is 0 Å². The lowest BCUT2D eigenvalue weighted by atomic mass is 9.66. The summed E-state index contributed by atoms with van der Waals surface area (Å²) in [6, 6.07) is 7.47. The molecule has 1 saturated carbocycles. The van der Waals surface area contributed by atoms with Crippen molar-refractivity contribution in [3.63, 3.8) is 0 Å². The maximum Gasteiger partial charge on any atom is 0.244 e. The second-order valence-electron chi connectivity index (χ2n) is 9.33. The Hall–Kier alpha value is -1.88. The Labute approximate surface area is 168 Å². The molecular weight excluding hydrogens is 352 g/mol. The fourth-order valence-electron chi connectivity index (χ4n) is 4.73. The van der Waals surface area contributed by atoms with Crippen LogP contribution in [0.15, 0.2) is 24.3 Å². The average Bonchev–Trinajstić information content (AvgIpc) is 3.18. The average molecular weight is 387 g/mol. The van der Waals surface area contributed by atoms with Gasteiger partial charge in [-0.3, -0.25) is 9.59 Å². The van der Waals surface area contributed by atoms with Crippen LogP contribution in [0.25, 0.3) is 0 Å². The monoisotopic (exact) mass is 386 g/mol. The highest BCUT2D eigenvalue weighted by atomic mass is 16.3. The van der Waals surface area contributed by atoms with Gasteiger partial charge in [0.1, 0.15) is 6.04 Å². The van der Waals surface area contributed by atoms with Gasteiger partial charge in [0.25, 0.3) is 0 Å². The van der Waals surface area contributed by atoms with Crippen molar-refractivity contribution in [1.82, 2.24) is 10.2 Å². The Morgan fingerprint density at radius 1 is 1.18 bits per heavy atom. The van der Waals surface area contributed by atoms with Crippen molar-refractivity contribution >= 4 is 11.8 Å². The lowest BCUT2D eigenvalue weighted by molar-refractivity contribution is -0.155. The number of carbonyl (C=O) groups is 2. The molecule has 2 fully saturated rings. The van der Waals surface area contributed by atoms with E-state index in [-0.39, 0.29) is 17.7 Å². The van der Waals surface area contributed by atoms with E-state index in [9.17, 15) is 14.7 Å². The first-order chi connectivity index (χ1) is 13.1. The van der Waals surface area contributed by atoms with Crippen molar-refractivity contribution in [2.75, 3.05) is 13.1 Å². The zero-order chi connectivity index (χ0) is 20.5. The lowest BCUT2D eigenvalue weighted by Gasteiger charge is -2.51. The SMILES string of the molecule is Cc1ccc([C@@]2(O)CCN(C(=O)[C@@H](C)NC(=O)C3CCCC3)CC2(C)C)cc1. The molecule has 1 aliphatic carbocycles. The van der Waals surface area contributed by atoms with Crippen LogP contribution in [-0.4, -0.2) is 41.0 Å². The molecule has 2 aliphatic rings. The summed E-state index contributed by atoms with van der Waals surface area (Å²) in [5.41, 5.74) is 0.585. The topological polar surface area (TPSA) is 69.6 Å². The second-order valence-corrected chi connectivity index (χ2v) is 9.33. The van der Waals surface area contributed by atoms with Crippen molar-refractivity contribution in [2.45, 2.75) is 71.4 Å². The molecule has 5 nitrogen and oxygen atoms in total. The third-order valence-electron chi connectivity index (χ3n) is 6.75. The van der Waals surface area contributed by atoms with E-state index < -0.39 is 17.1 Å². The molecule has 1 aromatic rings. The summed E-state index contributed by atoms with van der Waals surface area (Å²) in [7, 11) is 0. The van der Waals surface area contributed by atoms with Gasteiger partial charge in [-0.15, -0.1) is 0 Å². The number of benzene rings is 1. The molecule has 1 heterocycles. The van der Waals surface area contributed by atoms with Gasteiger partial charge in [-0.2, -0.15) is 0 Å². The number of hydrogen-bond acceptors (Lipinski definition) is 3. The molecule has 154 valence electrons. The maximum absolute atomic E-state index is 13.0. The molecule has 0 spiro atoms. The van der Waals surface area contributed by atoms with Crippen molar-refractivity contribution < 1.29 is 14.7 Å². The quantitative estimate of drug-likeness (QED) is 0.835. The molecule has 28 heavy (non-hydrogen) atoms. The molecule has 0 aromatic heterocycles. The van der Waals surface area contributed by atoms with Gasteiger partial charge in [0.05, 0.1) is 5.60 Å². The Bertz CT molecular complexity index is 722. The van der Waals surface area contributed by atoms with Gasteiger partial charge in [0, 0.05) is 24.4 Å². The summed E-state index contributed by atoms with van der Waals surface area (Å²) >= 11 is 0. The van der Waals surface area contributed by atoms with Gasteiger partial charge in [0.2, 0.25) is 11.8 Å².